The third-order valence-corrected chi connectivity index (χ3v) is 2.62. The lowest BCUT2D eigenvalue weighted by atomic mass is 10.1. The molecule has 0 atom stereocenters. The number of likely N-dealkylation sites (N-methyl/N-ethyl adjacent to an activating group) is 1. The molecule has 0 aliphatic heterocycles. The summed E-state index contributed by atoms with van der Waals surface area (Å²) in [6.07, 6.45) is 3.10. The van der Waals surface area contributed by atoms with Crippen molar-refractivity contribution in [1.82, 2.24) is 10.3 Å². The van der Waals surface area contributed by atoms with Crippen molar-refractivity contribution < 1.29 is 4.74 Å². The van der Waals surface area contributed by atoms with Crippen LogP contribution in [0.1, 0.15) is 5.56 Å². The van der Waals surface area contributed by atoms with Gasteiger partial charge in [-0.15, -0.1) is 0 Å². The minimum atomic E-state index is 0.910. The van der Waals surface area contributed by atoms with Crippen LogP contribution in [-0.2, 0) is 6.42 Å². The molecule has 2 rings (SSSR count). The lowest BCUT2D eigenvalue weighted by molar-refractivity contribution is 0.415. The molecule has 1 aromatic heterocycles. The largest absolute Gasteiger partial charge is 0.497 e. The van der Waals surface area contributed by atoms with Crippen LogP contribution in [0.4, 0.5) is 0 Å². The van der Waals surface area contributed by atoms with Gasteiger partial charge in [-0.3, -0.25) is 0 Å². The average Bonchev–Trinajstić information content (AvgIpc) is 2.68. The van der Waals surface area contributed by atoms with E-state index in [-0.39, 0.29) is 0 Å². The molecule has 0 aliphatic carbocycles. The Labute approximate surface area is 89.4 Å². The van der Waals surface area contributed by atoms with Gasteiger partial charge >= 0.3 is 0 Å². The van der Waals surface area contributed by atoms with Crippen LogP contribution in [0.2, 0.25) is 0 Å². The number of ether oxygens (including phenoxy) is 1. The molecule has 0 saturated carbocycles. The van der Waals surface area contributed by atoms with E-state index in [0.717, 1.165) is 18.7 Å². The molecular weight excluding hydrogens is 188 g/mol. The van der Waals surface area contributed by atoms with Crippen molar-refractivity contribution in [3.63, 3.8) is 0 Å². The van der Waals surface area contributed by atoms with E-state index in [1.165, 1.54) is 16.5 Å². The van der Waals surface area contributed by atoms with Crippen LogP contribution in [-0.4, -0.2) is 25.7 Å². The molecule has 3 nitrogen and oxygen atoms in total. The summed E-state index contributed by atoms with van der Waals surface area (Å²) in [7, 11) is 3.66. The van der Waals surface area contributed by atoms with Gasteiger partial charge < -0.3 is 15.0 Å². The van der Waals surface area contributed by atoms with Gasteiger partial charge in [0.2, 0.25) is 0 Å². The number of hydrogen-bond donors (Lipinski definition) is 2. The number of fused-ring (bicyclic) bond motifs is 1. The lowest BCUT2D eigenvalue weighted by Crippen LogP contribution is -2.09. The monoisotopic (exact) mass is 204 g/mol. The second kappa shape index (κ2) is 4.36. The van der Waals surface area contributed by atoms with Gasteiger partial charge in [0.25, 0.3) is 0 Å². The number of rotatable bonds is 4. The fourth-order valence-electron chi connectivity index (χ4n) is 1.75. The Morgan fingerprint density at radius 2 is 2.27 bits per heavy atom. The molecule has 2 aromatic rings. The van der Waals surface area contributed by atoms with E-state index in [1.54, 1.807) is 7.11 Å². The summed E-state index contributed by atoms with van der Waals surface area (Å²) in [4.78, 5) is 3.27. The normalized spacial score (nSPS) is 10.8. The molecule has 2 N–H and O–H groups in total. The van der Waals surface area contributed by atoms with Gasteiger partial charge in [-0.05, 0) is 43.8 Å². The molecule has 0 unspecified atom stereocenters. The zero-order chi connectivity index (χ0) is 10.7. The van der Waals surface area contributed by atoms with E-state index < -0.39 is 0 Å². The highest BCUT2D eigenvalue weighted by atomic mass is 16.5. The van der Waals surface area contributed by atoms with Crippen LogP contribution in [0.15, 0.2) is 24.4 Å². The Morgan fingerprint density at radius 1 is 1.40 bits per heavy atom. The molecule has 80 valence electrons. The molecule has 0 aliphatic rings. The predicted molar refractivity (Wildman–Crippen MR) is 62.5 cm³/mol. The summed E-state index contributed by atoms with van der Waals surface area (Å²) in [5.74, 6) is 0.910. The number of H-pyrrole nitrogens is 1. The van der Waals surface area contributed by atoms with Crippen LogP contribution >= 0.6 is 0 Å². The first kappa shape index (κ1) is 10.1. The standard InChI is InChI=1S/C12H16N2O/c1-13-6-5-9-8-14-12-4-3-10(15-2)7-11(9)12/h3-4,7-8,13-14H,5-6H2,1-2H3. The minimum Gasteiger partial charge on any atom is -0.497 e. The van der Waals surface area contributed by atoms with Gasteiger partial charge in [0.05, 0.1) is 7.11 Å². The van der Waals surface area contributed by atoms with Crippen molar-refractivity contribution in [1.29, 1.82) is 0 Å². The van der Waals surface area contributed by atoms with Crippen molar-refractivity contribution in [2.24, 2.45) is 0 Å². The number of hydrogen-bond acceptors (Lipinski definition) is 2. The topological polar surface area (TPSA) is 37.0 Å². The number of nitrogens with one attached hydrogen (secondary N) is 2. The van der Waals surface area contributed by atoms with Gasteiger partial charge in [0.1, 0.15) is 5.75 Å². The van der Waals surface area contributed by atoms with Crippen molar-refractivity contribution in [3.8, 4) is 5.75 Å². The summed E-state index contributed by atoms with van der Waals surface area (Å²) >= 11 is 0. The number of methoxy groups -OCH3 is 1. The Kier molecular flexibility index (Phi) is 2.92. The van der Waals surface area contributed by atoms with Crippen LogP contribution in [0, 0.1) is 0 Å². The zero-order valence-electron chi connectivity index (χ0n) is 9.13. The molecule has 0 radical (unpaired) electrons. The molecule has 0 spiro atoms. The first-order chi connectivity index (χ1) is 7.35. The van der Waals surface area contributed by atoms with Gasteiger partial charge in [-0.25, -0.2) is 0 Å². The molecule has 0 bridgehead atoms. The molecule has 3 heteroatoms. The molecule has 15 heavy (non-hydrogen) atoms. The van der Waals surface area contributed by atoms with Crippen LogP contribution < -0.4 is 10.1 Å². The van der Waals surface area contributed by atoms with Crippen molar-refractivity contribution in [2.75, 3.05) is 20.7 Å². The van der Waals surface area contributed by atoms with E-state index in [9.17, 15) is 0 Å². The van der Waals surface area contributed by atoms with E-state index >= 15 is 0 Å². The van der Waals surface area contributed by atoms with Gasteiger partial charge in [-0.2, -0.15) is 0 Å². The molecule has 0 amide bonds. The summed E-state index contributed by atoms with van der Waals surface area (Å²) in [6, 6.07) is 6.11. The van der Waals surface area contributed by atoms with E-state index in [2.05, 4.69) is 28.6 Å². The molecule has 0 fully saturated rings. The predicted octanol–water partition coefficient (Wildman–Crippen LogP) is 1.94. The summed E-state index contributed by atoms with van der Waals surface area (Å²) < 4.78 is 5.22. The second-order valence-corrected chi connectivity index (χ2v) is 3.58. The quantitative estimate of drug-likeness (QED) is 0.798. The summed E-state index contributed by atoms with van der Waals surface area (Å²) in [6.45, 7) is 0.990. The number of aromatic amines is 1. The van der Waals surface area contributed by atoms with Crippen molar-refractivity contribution in [2.45, 2.75) is 6.42 Å². The number of aromatic nitrogens is 1. The van der Waals surface area contributed by atoms with Gasteiger partial charge in [0.15, 0.2) is 0 Å². The maximum absolute atomic E-state index is 5.22. The maximum atomic E-state index is 5.22. The van der Waals surface area contributed by atoms with Crippen LogP contribution in [0.3, 0.4) is 0 Å². The minimum absolute atomic E-state index is 0.910. The Hall–Kier alpha value is -1.48. The lowest BCUT2D eigenvalue weighted by Gasteiger charge is -2.01. The first-order valence-electron chi connectivity index (χ1n) is 5.13. The Bertz CT molecular complexity index is 448. The summed E-state index contributed by atoms with van der Waals surface area (Å²) in [5.41, 5.74) is 2.50. The van der Waals surface area contributed by atoms with E-state index in [0.29, 0.717) is 0 Å². The Morgan fingerprint density at radius 3 is 3.00 bits per heavy atom. The third-order valence-electron chi connectivity index (χ3n) is 2.62. The summed E-state index contributed by atoms with van der Waals surface area (Å²) in [5, 5.41) is 4.41. The molecule has 1 aromatic carbocycles. The van der Waals surface area contributed by atoms with Crippen molar-refractivity contribution >= 4 is 10.9 Å². The zero-order valence-corrected chi connectivity index (χ0v) is 9.13. The van der Waals surface area contributed by atoms with Crippen LogP contribution in [0.5, 0.6) is 5.75 Å². The molecular formula is C12H16N2O. The second-order valence-electron chi connectivity index (χ2n) is 3.58. The van der Waals surface area contributed by atoms with Gasteiger partial charge in [-0.1, -0.05) is 0 Å². The molecule has 0 saturated heterocycles. The fourth-order valence-corrected chi connectivity index (χ4v) is 1.75. The Balaban J connectivity index is 2.38. The highest BCUT2D eigenvalue weighted by Crippen LogP contribution is 2.23. The third kappa shape index (κ3) is 1.97. The van der Waals surface area contributed by atoms with Gasteiger partial charge in [0, 0.05) is 17.1 Å². The van der Waals surface area contributed by atoms with Crippen LogP contribution in [0.25, 0.3) is 10.9 Å². The fraction of sp³-hybridized carbons (Fsp3) is 0.333. The smallest absolute Gasteiger partial charge is 0.119 e. The SMILES string of the molecule is CNCCc1c[nH]c2ccc(OC)cc12. The highest BCUT2D eigenvalue weighted by molar-refractivity contribution is 5.84. The number of benzene rings is 1. The molecule has 1 heterocycles. The first-order valence-corrected chi connectivity index (χ1v) is 5.13. The average molecular weight is 204 g/mol. The highest BCUT2D eigenvalue weighted by Gasteiger charge is 2.04. The maximum Gasteiger partial charge on any atom is 0.119 e. The van der Waals surface area contributed by atoms with Crippen molar-refractivity contribution in [3.05, 3.63) is 30.0 Å². The van der Waals surface area contributed by atoms with E-state index in [1.807, 2.05) is 13.1 Å². The van der Waals surface area contributed by atoms with E-state index in [4.69, 9.17) is 4.74 Å².